The van der Waals surface area contributed by atoms with Gasteiger partial charge in [0.2, 0.25) is 17.7 Å². The molecule has 3 aliphatic rings. The first-order chi connectivity index (χ1) is 27.9. The van der Waals surface area contributed by atoms with Crippen molar-refractivity contribution >= 4 is 39.5 Å². The molecule has 1 N–H and O–H groups in total. The summed E-state index contributed by atoms with van der Waals surface area (Å²) in [6, 6.07) is 20.7. The van der Waals surface area contributed by atoms with Crippen molar-refractivity contribution < 1.29 is 33.3 Å². The molecule has 2 fully saturated rings. The van der Waals surface area contributed by atoms with E-state index >= 15 is 0 Å². The lowest BCUT2D eigenvalue weighted by Crippen LogP contribution is -2.52. The molecule has 6 aromatic rings. The highest BCUT2D eigenvalue weighted by atomic mass is 16.5. The van der Waals surface area contributed by atoms with Crippen molar-refractivity contribution in [1.82, 2.24) is 29.7 Å². The minimum absolute atomic E-state index is 0.0366. The first-order valence-electron chi connectivity index (χ1n) is 18.9. The van der Waals surface area contributed by atoms with Gasteiger partial charge in [0.05, 0.1) is 18.3 Å². The van der Waals surface area contributed by atoms with Crippen molar-refractivity contribution in [3.63, 3.8) is 0 Å². The average molecular weight is 763 g/mol. The molecule has 9 rings (SSSR count). The van der Waals surface area contributed by atoms with Crippen LogP contribution in [-0.4, -0.2) is 80.2 Å². The average Bonchev–Trinajstić information content (AvgIpc) is 3.69. The maximum absolute atomic E-state index is 12.9. The smallest absolute Gasteiger partial charge is 0.255 e. The summed E-state index contributed by atoms with van der Waals surface area (Å²) in [5.41, 5.74) is 6.36. The van der Waals surface area contributed by atoms with Crippen LogP contribution in [0.3, 0.4) is 0 Å². The Morgan fingerprint density at radius 1 is 0.825 bits per heavy atom. The number of aromatic nitrogens is 4. The van der Waals surface area contributed by atoms with Gasteiger partial charge in [-0.25, -0.2) is 9.97 Å². The summed E-state index contributed by atoms with van der Waals surface area (Å²) in [6.07, 6.45) is 9.40. The van der Waals surface area contributed by atoms with Gasteiger partial charge < -0.3 is 28.4 Å². The van der Waals surface area contributed by atoms with E-state index in [2.05, 4.69) is 61.9 Å². The second-order valence-electron chi connectivity index (χ2n) is 14.3. The SMILES string of the molecule is Cn1c2ccncc2c2ccc(-c3ccc(OC4CC(Oc5ccc(C#CCOCCOc6ccc7c(c6)CN(C6CCC(=O)NC6=O)C7=O)nc5)C4)nc3)cc21. The number of pyridine rings is 3. The van der Waals surface area contributed by atoms with Crippen LogP contribution >= 0.6 is 0 Å². The van der Waals surface area contributed by atoms with Crippen molar-refractivity contribution in [2.45, 2.75) is 50.5 Å². The molecule has 13 nitrogen and oxygen atoms in total. The molecule has 1 unspecified atom stereocenters. The molecule has 2 aliphatic heterocycles. The third kappa shape index (κ3) is 7.47. The standard InChI is InChI=1S/C44H38N6O7/c1-49-38-14-15-45-25-37(38)36-9-4-27(20-40(36)49)28-5-13-42(47-23-28)57-34-21-33(22-34)56-32-7-6-30(46-24-32)3-2-16-54-17-18-55-31-8-10-35-29(19-31)26-50(44(35)53)39-11-12-41(51)48-43(39)52/h4-10,13-15,19-20,23-25,33-34,39H,11-12,16-18,21-22,26H2,1H3,(H,48,51,52). The van der Waals surface area contributed by atoms with Crippen LogP contribution in [0.25, 0.3) is 32.9 Å². The Morgan fingerprint density at radius 3 is 2.51 bits per heavy atom. The van der Waals surface area contributed by atoms with Crippen LogP contribution in [0, 0.1) is 11.8 Å². The lowest BCUT2D eigenvalue weighted by molar-refractivity contribution is -0.136. The highest BCUT2D eigenvalue weighted by molar-refractivity contribution is 6.08. The summed E-state index contributed by atoms with van der Waals surface area (Å²) in [7, 11) is 2.08. The predicted octanol–water partition coefficient (Wildman–Crippen LogP) is 5.38. The van der Waals surface area contributed by atoms with Crippen molar-refractivity contribution in [1.29, 1.82) is 0 Å². The normalized spacial score (nSPS) is 18.8. The highest BCUT2D eigenvalue weighted by Gasteiger charge is 2.39. The fourth-order valence-corrected chi connectivity index (χ4v) is 7.56. The van der Waals surface area contributed by atoms with Gasteiger partial charge >= 0.3 is 0 Å². The number of carbonyl (C=O) groups excluding carboxylic acids is 3. The van der Waals surface area contributed by atoms with Crippen LogP contribution in [0.1, 0.15) is 47.3 Å². The van der Waals surface area contributed by atoms with Gasteiger partial charge in [-0.15, -0.1) is 0 Å². The minimum Gasteiger partial charge on any atom is -0.491 e. The van der Waals surface area contributed by atoms with Crippen molar-refractivity contribution in [3.8, 4) is 40.3 Å². The van der Waals surface area contributed by atoms with E-state index < -0.39 is 11.9 Å². The number of hydrogen-bond acceptors (Lipinski definition) is 10. The maximum Gasteiger partial charge on any atom is 0.255 e. The van der Waals surface area contributed by atoms with E-state index in [0.717, 1.165) is 46.0 Å². The van der Waals surface area contributed by atoms with Crippen LogP contribution in [0.15, 0.2) is 91.5 Å². The number of rotatable bonds is 11. The molecule has 57 heavy (non-hydrogen) atoms. The number of amides is 3. The Kier molecular flexibility index (Phi) is 9.69. The number of nitrogens with one attached hydrogen (secondary N) is 1. The zero-order valence-corrected chi connectivity index (χ0v) is 31.1. The van der Waals surface area contributed by atoms with E-state index in [1.165, 1.54) is 10.3 Å². The molecule has 4 aromatic heterocycles. The number of piperidine rings is 1. The van der Waals surface area contributed by atoms with Gasteiger partial charge in [0.1, 0.15) is 48.7 Å². The monoisotopic (exact) mass is 762 g/mol. The molecule has 2 aromatic carbocycles. The molecule has 3 amide bonds. The number of imide groups is 1. The summed E-state index contributed by atoms with van der Waals surface area (Å²) in [5, 5.41) is 4.64. The van der Waals surface area contributed by atoms with E-state index in [1.54, 1.807) is 24.4 Å². The molecular weight excluding hydrogens is 725 g/mol. The zero-order chi connectivity index (χ0) is 38.9. The summed E-state index contributed by atoms with van der Waals surface area (Å²) >= 11 is 0. The summed E-state index contributed by atoms with van der Waals surface area (Å²) in [5.74, 6) is 6.88. The second kappa shape index (κ2) is 15.4. The maximum atomic E-state index is 12.9. The third-order valence-corrected chi connectivity index (χ3v) is 10.6. The van der Waals surface area contributed by atoms with E-state index in [1.807, 2.05) is 48.9 Å². The Morgan fingerprint density at radius 2 is 1.68 bits per heavy atom. The largest absolute Gasteiger partial charge is 0.491 e. The molecule has 1 atom stereocenters. The van der Waals surface area contributed by atoms with Gasteiger partial charge in [-0.2, -0.15) is 0 Å². The Labute approximate surface area is 327 Å². The summed E-state index contributed by atoms with van der Waals surface area (Å²) < 4.78 is 25.8. The number of nitrogens with zero attached hydrogens (tertiary/aromatic N) is 5. The lowest BCUT2D eigenvalue weighted by atomic mass is 9.92. The number of aryl methyl sites for hydroxylation is 1. The summed E-state index contributed by atoms with van der Waals surface area (Å²) in [6.45, 7) is 1.12. The summed E-state index contributed by atoms with van der Waals surface area (Å²) in [4.78, 5) is 51.5. The van der Waals surface area contributed by atoms with Gasteiger partial charge in [0.25, 0.3) is 5.91 Å². The molecule has 0 spiro atoms. The van der Waals surface area contributed by atoms with Gasteiger partial charge in [-0.3, -0.25) is 24.7 Å². The van der Waals surface area contributed by atoms with E-state index in [-0.39, 0.29) is 37.0 Å². The first-order valence-corrected chi connectivity index (χ1v) is 18.9. The lowest BCUT2D eigenvalue weighted by Gasteiger charge is -2.34. The van der Waals surface area contributed by atoms with Gasteiger partial charge in [-0.1, -0.05) is 18.1 Å². The van der Waals surface area contributed by atoms with Gasteiger partial charge in [0, 0.05) is 84.9 Å². The fourth-order valence-electron chi connectivity index (χ4n) is 7.56. The van der Waals surface area contributed by atoms with Gasteiger partial charge in [0.15, 0.2) is 0 Å². The third-order valence-electron chi connectivity index (χ3n) is 10.6. The molecule has 1 aliphatic carbocycles. The Hall–Kier alpha value is -6.78. The molecule has 0 radical (unpaired) electrons. The quantitative estimate of drug-likeness (QED) is 0.104. The second-order valence-corrected chi connectivity index (χ2v) is 14.3. The number of fused-ring (bicyclic) bond motifs is 4. The molecule has 0 bridgehead atoms. The number of hydrogen-bond donors (Lipinski definition) is 1. The molecule has 286 valence electrons. The number of benzene rings is 2. The Bertz CT molecular complexity index is 2570. The number of ether oxygens (including phenoxy) is 4. The van der Waals surface area contributed by atoms with Crippen LogP contribution in [0.4, 0.5) is 0 Å². The molecule has 1 saturated carbocycles. The van der Waals surface area contributed by atoms with Crippen molar-refractivity contribution in [2.75, 3.05) is 19.8 Å². The van der Waals surface area contributed by atoms with Crippen LogP contribution in [-0.2, 0) is 27.9 Å². The van der Waals surface area contributed by atoms with E-state index in [9.17, 15) is 14.4 Å². The zero-order valence-electron chi connectivity index (χ0n) is 31.1. The number of carbonyl (C=O) groups is 3. The van der Waals surface area contributed by atoms with Gasteiger partial charge in [-0.05, 0) is 72.0 Å². The molecular formula is C44H38N6O7. The van der Waals surface area contributed by atoms with E-state index in [4.69, 9.17) is 18.9 Å². The van der Waals surface area contributed by atoms with Crippen molar-refractivity contribution in [2.24, 2.45) is 7.05 Å². The topological polar surface area (TPSA) is 147 Å². The van der Waals surface area contributed by atoms with Crippen molar-refractivity contribution in [3.05, 3.63) is 108 Å². The van der Waals surface area contributed by atoms with Crippen LogP contribution in [0.5, 0.6) is 17.4 Å². The first kappa shape index (κ1) is 35.9. The minimum atomic E-state index is -0.650. The van der Waals surface area contributed by atoms with E-state index in [0.29, 0.717) is 54.8 Å². The fraction of sp³-hybridized carbons (Fsp3) is 0.273. The predicted molar refractivity (Wildman–Crippen MR) is 209 cm³/mol. The molecule has 1 saturated heterocycles. The van der Waals surface area contributed by atoms with Crippen LogP contribution < -0.4 is 19.5 Å². The Balaban J connectivity index is 0.677. The van der Waals surface area contributed by atoms with Crippen LogP contribution in [0.2, 0.25) is 0 Å². The highest BCUT2D eigenvalue weighted by Crippen LogP contribution is 2.34. The molecule has 13 heteroatoms. The molecule has 6 heterocycles.